The molecule has 1 saturated carbocycles. The number of methoxy groups -OCH3 is 1. The Labute approximate surface area is 168 Å². The van der Waals surface area contributed by atoms with Gasteiger partial charge in [-0.1, -0.05) is 23.7 Å². The molecular formula is C21H23ClN2O4. The summed E-state index contributed by atoms with van der Waals surface area (Å²) < 4.78 is 13.8. The Kier molecular flexibility index (Phi) is 6.90. The number of ether oxygens (including phenoxy) is 1. The van der Waals surface area contributed by atoms with Crippen molar-refractivity contribution in [3.05, 3.63) is 53.8 Å². The summed E-state index contributed by atoms with van der Waals surface area (Å²) in [4.78, 5) is 12.9. The Balaban J connectivity index is 0.000000706. The molecule has 1 aliphatic carbocycles. The highest BCUT2D eigenvalue weighted by Crippen LogP contribution is 2.35. The quantitative estimate of drug-likeness (QED) is 0.599. The van der Waals surface area contributed by atoms with E-state index in [0.29, 0.717) is 17.2 Å². The normalized spacial score (nSPS) is 18.9. The van der Waals surface area contributed by atoms with E-state index >= 15 is 0 Å². The monoisotopic (exact) mass is 402 g/mol. The Bertz CT molecular complexity index is 897. The summed E-state index contributed by atoms with van der Waals surface area (Å²) in [5.74, 6) is 2.41. The summed E-state index contributed by atoms with van der Waals surface area (Å²) in [6.45, 7) is -0.250. The fourth-order valence-electron chi connectivity index (χ4n) is 3.62. The van der Waals surface area contributed by atoms with Gasteiger partial charge in [0, 0.05) is 31.1 Å². The highest BCUT2D eigenvalue weighted by Gasteiger charge is 2.24. The minimum absolute atomic E-state index is 0.250. The van der Waals surface area contributed by atoms with Crippen molar-refractivity contribution in [1.29, 1.82) is 0 Å². The van der Waals surface area contributed by atoms with E-state index in [9.17, 15) is 0 Å². The second-order valence-corrected chi connectivity index (χ2v) is 6.98. The van der Waals surface area contributed by atoms with E-state index in [4.69, 9.17) is 30.7 Å². The van der Waals surface area contributed by atoms with E-state index < -0.39 is 0 Å². The van der Waals surface area contributed by atoms with Crippen molar-refractivity contribution in [2.45, 2.75) is 37.8 Å². The SMILES string of the molecule is COC1CCC(n2ccnc2-c2ccc(-c3ccccc3Cl)o2)CC1.O=CO. The highest BCUT2D eigenvalue weighted by molar-refractivity contribution is 6.33. The van der Waals surface area contributed by atoms with E-state index in [-0.39, 0.29) is 6.47 Å². The van der Waals surface area contributed by atoms with Crippen LogP contribution in [0.3, 0.4) is 0 Å². The molecule has 28 heavy (non-hydrogen) atoms. The predicted octanol–water partition coefficient (Wildman–Crippen LogP) is 5.29. The zero-order valence-electron chi connectivity index (χ0n) is 15.6. The van der Waals surface area contributed by atoms with Crippen LogP contribution in [-0.2, 0) is 9.53 Å². The maximum absolute atomic E-state index is 8.36. The lowest BCUT2D eigenvalue weighted by Gasteiger charge is -2.29. The topological polar surface area (TPSA) is 77.5 Å². The zero-order chi connectivity index (χ0) is 19.9. The molecule has 148 valence electrons. The Hall–Kier alpha value is -2.57. The molecule has 0 bridgehead atoms. The summed E-state index contributed by atoms with van der Waals surface area (Å²) in [5, 5.41) is 7.57. The summed E-state index contributed by atoms with van der Waals surface area (Å²) in [7, 11) is 1.80. The van der Waals surface area contributed by atoms with Crippen molar-refractivity contribution in [3.8, 4) is 22.9 Å². The van der Waals surface area contributed by atoms with Crippen LogP contribution in [-0.4, -0.2) is 34.3 Å². The number of furan rings is 1. The summed E-state index contributed by atoms with van der Waals surface area (Å²) in [6.07, 6.45) is 8.64. The van der Waals surface area contributed by atoms with Crippen LogP contribution < -0.4 is 0 Å². The first kappa shape index (κ1) is 20.2. The summed E-state index contributed by atoms with van der Waals surface area (Å²) >= 11 is 6.28. The second kappa shape index (κ2) is 9.57. The highest BCUT2D eigenvalue weighted by atomic mass is 35.5. The summed E-state index contributed by atoms with van der Waals surface area (Å²) in [6, 6.07) is 12.1. The smallest absolute Gasteiger partial charge is 0.290 e. The fraction of sp³-hybridized carbons (Fsp3) is 0.333. The van der Waals surface area contributed by atoms with E-state index in [0.717, 1.165) is 48.6 Å². The average molecular weight is 403 g/mol. The molecular weight excluding hydrogens is 380 g/mol. The van der Waals surface area contributed by atoms with E-state index in [1.165, 1.54) is 0 Å². The first-order chi connectivity index (χ1) is 13.7. The molecule has 0 saturated heterocycles. The lowest BCUT2D eigenvalue weighted by atomic mass is 9.92. The van der Waals surface area contributed by atoms with Gasteiger partial charge in [-0.05, 0) is 49.9 Å². The van der Waals surface area contributed by atoms with Gasteiger partial charge in [0.2, 0.25) is 0 Å². The molecule has 3 aromatic rings. The molecule has 1 N–H and O–H groups in total. The fourth-order valence-corrected chi connectivity index (χ4v) is 3.85. The first-order valence-electron chi connectivity index (χ1n) is 9.16. The summed E-state index contributed by atoms with van der Waals surface area (Å²) in [5.41, 5.74) is 0.897. The number of rotatable bonds is 4. The number of aromatic nitrogens is 2. The van der Waals surface area contributed by atoms with Gasteiger partial charge in [0.15, 0.2) is 11.6 Å². The lowest BCUT2D eigenvalue weighted by Crippen LogP contribution is -2.22. The van der Waals surface area contributed by atoms with Crippen LogP contribution in [0.5, 0.6) is 0 Å². The molecule has 0 unspecified atom stereocenters. The minimum Gasteiger partial charge on any atom is -0.483 e. The molecule has 0 spiro atoms. The molecule has 4 rings (SSSR count). The van der Waals surface area contributed by atoms with Crippen LogP contribution in [0.1, 0.15) is 31.7 Å². The number of hydrogen-bond donors (Lipinski definition) is 1. The number of carboxylic acid groups (broad SMARTS) is 1. The van der Waals surface area contributed by atoms with Gasteiger partial charge in [-0.2, -0.15) is 0 Å². The number of imidazole rings is 1. The molecule has 1 aromatic carbocycles. The van der Waals surface area contributed by atoms with Crippen molar-refractivity contribution < 1.29 is 19.1 Å². The van der Waals surface area contributed by atoms with Crippen LogP contribution in [0.15, 0.2) is 53.2 Å². The Morgan fingerprint density at radius 1 is 1.18 bits per heavy atom. The molecule has 0 radical (unpaired) electrons. The van der Waals surface area contributed by atoms with Crippen LogP contribution in [0.2, 0.25) is 5.02 Å². The van der Waals surface area contributed by atoms with Gasteiger partial charge in [0.05, 0.1) is 11.1 Å². The number of benzene rings is 1. The third-order valence-electron chi connectivity index (χ3n) is 5.00. The molecule has 0 atom stereocenters. The maximum atomic E-state index is 8.36. The van der Waals surface area contributed by atoms with Gasteiger partial charge in [-0.3, -0.25) is 4.79 Å². The van der Waals surface area contributed by atoms with Crippen LogP contribution in [0.25, 0.3) is 22.9 Å². The van der Waals surface area contributed by atoms with Crippen molar-refractivity contribution in [3.63, 3.8) is 0 Å². The van der Waals surface area contributed by atoms with Gasteiger partial charge >= 0.3 is 0 Å². The van der Waals surface area contributed by atoms with Gasteiger partial charge in [-0.25, -0.2) is 4.98 Å². The van der Waals surface area contributed by atoms with Crippen molar-refractivity contribution in [1.82, 2.24) is 9.55 Å². The van der Waals surface area contributed by atoms with Crippen molar-refractivity contribution in [2.24, 2.45) is 0 Å². The number of hydrogen-bond acceptors (Lipinski definition) is 4. The third kappa shape index (κ3) is 4.46. The molecule has 2 aromatic heterocycles. The minimum atomic E-state index is -0.250. The average Bonchev–Trinajstić information content (AvgIpc) is 3.38. The van der Waals surface area contributed by atoms with Gasteiger partial charge in [0.1, 0.15) is 5.76 Å². The van der Waals surface area contributed by atoms with Gasteiger partial charge in [0.25, 0.3) is 6.47 Å². The largest absolute Gasteiger partial charge is 0.483 e. The molecule has 6 nitrogen and oxygen atoms in total. The van der Waals surface area contributed by atoms with Crippen LogP contribution in [0, 0.1) is 0 Å². The Morgan fingerprint density at radius 2 is 1.86 bits per heavy atom. The van der Waals surface area contributed by atoms with Crippen molar-refractivity contribution >= 4 is 18.1 Å². The Morgan fingerprint density at radius 3 is 2.54 bits per heavy atom. The van der Waals surface area contributed by atoms with Gasteiger partial charge < -0.3 is 18.8 Å². The molecule has 0 aliphatic heterocycles. The predicted molar refractivity (Wildman–Crippen MR) is 107 cm³/mol. The molecule has 2 heterocycles. The molecule has 1 aliphatic rings. The van der Waals surface area contributed by atoms with E-state index in [1.807, 2.05) is 48.8 Å². The second-order valence-electron chi connectivity index (χ2n) is 6.57. The number of nitrogens with zero attached hydrogens (tertiary/aromatic N) is 2. The number of halogens is 1. The first-order valence-corrected chi connectivity index (χ1v) is 9.54. The van der Waals surface area contributed by atoms with E-state index in [2.05, 4.69) is 9.55 Å². The van der Waals surface area contributed by atoms with Gasteiger partial charge in [-0.15, -0.1) is 0 Å². The van der Waals surface area contributed by atoms with Crippen molar-refractivity contribution in [2.75, 3.05) is 7.11 Å². The lowest BCUT2D eigenvalue weighted by molar-refractivity contribution is -0.122. The molecule has 7 heteroatoms. The molecule has 1 fully saturated rings. The number of carbonyl (C=O) groups is 1. The third-order valence-corrected chi connectivity index (χ3v) is 5.33. The standard InChI is InChI=1S/C20H21ClN2O2.CH2O2/c1-24-15-8-6-14(7-9-15)23-13-12-22-20(23)19-11-10-18(25-19)16-4-2-3-5-17(16)21;2-1-3/h2-5,10-15H,6-9H2,1H3;1H,(H,2,3). The maximum Gasteiger partial charge on any atom is 0.290 e. The zero-order valence-corrected chi connectivity index (χ0v) is 16.4. The van der Waals surface area contributed by atoms with Crippen LogP contribution in [0.4, 0.5) is 0 Å². The van der Waals surface area contributed by atoms with Crippen LogP contribution >= 0.6 is 11.6 Å². The van der Waals surface area contributed by atoms with E-state index in [1.54, 1.807) is 7.11 Å². The molecule has 0 amide bonds.